The van der Waals surface area contributed by atoms with Crippen LogP contribution in [-0.2, 0) is 4.74 Å². The number of hydrogen-bond acceptors (Lipinski definition) is 3. The molecule has 2 rings (SSSR count). The SMILES string of the molecule is COCC(C)(C)Nc1ccnc2ccccc12. The normalized spacial score (nSPS) is 11.7. The van der Waals surface area contributed by atoms with Gasteiger partial charge in [-0.05, 0) is 26.0 Å². The molecule has 90 valence electrons. The van der Waals surface area contributed by atoms with Gasteiger partial charge in [0.25, 0.3) is 0 Å². The molecule has 0 fully saturated rings. The molecule has 0 radical (unpaired) electrons. The minimum Gasteiger partial charge on any atom is -0.382 e. The highest BCUT2D eigenvalue weighted by Gasteiger charge is 2.17. The zero-order valence-electron chi connectivity index (χ0n) is 10.5. The molecule has 1 aromatic heterocycles. The number of aromatic nitrogens is 1. The van der Waals surface area contributed by atoms with Crippen molar-refractivity contribution < 1.29 is 4.74 Å². The number of ether oxygens (including phenoxy) is 1. The monoisotopic (exact) mass is 230 g/mol. The highest BCUT2D eigenvalue weighted by atomic mass is 16.5. The van der Waals surface area contributed by atoms with E-state index in [4.69, 9.17) is 4.74 Å². The van der Waals surface area contributed by atoms with E-state index in [1.54, 1.807) is 7.11 Å². The summed E-state index contributed by atoms with van der Waals surface area (Å²) >= 11 is 0. The first-order chi connectivity index (χ1) is 8.12. The molecule has 0 spiro atoms. The number of methoxy groups -OCH3 is 1. The van der Waals surface area contributed by atoms with Gasteiger partial charge in [-0.2, -0.15) is 0 Å². The first kappa shape index (κ1) is 11.9. The van der Waals surface area contributed by atoms with Crippen LogP contribution in [0.25, 0.3) is 10.9 Å². The maximum atomic E-state index is 5.21. The molecular weight excluding hydrogens is 212 g/mol. The lowest BCUT2D eigenvalue weighted by molar-refractivity contribution is 0.158. The van der Waals surface area contributed by atoms with Crippen LogP contribution in [0.15, 0.2) is 36.5 Å². The first-order valence-corrected chi connectivity index (χ1v) is 5.73. The van der Waals surface area contributed by atoms with Crippen LogP contribution < -0.4 is 5.32 Å². The lowest BCUT2D eigenvalue weighted by Crippen LogP contribution is -2.35. The summed E-state index contributed by atoms with van der Waals surface area (Å²) in [6, 6.07) is 10.1. The van der Waals surface area contributed by atoms with Gasteiger partial charge in [0.2, 0.25) is 0 Å². The van der Waals surface area contributed by atoms with E-state index >= 15 is 0 Å². The molecule has 2 aromatic rings. The van der Waals surface area contributed by atoms with Crippen LogP contribution in [0.1, 0.15) is 13.8 Å². The molecule has 0 aliphatic heterocycles. The van der Waals surface area contributed by atoms with Crippen LogP contribution in [-0.4, -0.2) is 24.2 Å². The second-order valence-electron chi connectivity index (χ2n) is 4.82. The molecular formula is C14H18N2O. The van der Waals surface area contributed by atoms with Gasteiger partial charge in [-0.15, -0.1) is 0 Å². The third-order valence-corrected chi connectivity index (χ3v) is 2.63. The van der Waals surface area contributed by atoms with Crippen molar-refractivity contribution >= 4 is 16.6 Å². The van der Waals surface area contributed by atoms with E-state index < -0.39 is 0 Å². The lowest BCUT2D eigenvalue weighted by atomic mass is 10.1. The number of hydrogen-bond donors (Lipinski definition) is 1. The van der Waals surface area contributed by atoms with Gasteiger partial charge >= 0.3 is 0 Å². The van der Waals surface area contributed by atoms with Gasteiger partial charge in [-0.1, -0.05) is 18.2 Å². The second kappa shape index (κ2) is 4.72. The van der Waals surface area contributed by atoms with Crippen molar-refractivity contribution in [3.05, 3.63) is 36.5 Å². The van der Waals surface area contributed by atoms with E-state index in [0.717, 1.165) is 16.6 Å². The van der Waals surface area contributed by atoms with E-state index in [-0.39, 0.29) is 5.54 Å². The summed E-state index contributed by atoms with van der Waals surface area (Å²) in [5, 5.41) is 4.64. The van der Waals surface area contributed by atoms with E-state index in [1.165, 1.54) is 0 Å². The smallest absolute Gasteiger partial charge is 0.0722 e. The number of benzene rings is 1. The number of fused-ring (bicyclic) bond motifs is 1. The van der Waals surface area contributed by atoms with Crippen molar-refractivity contribution in [3.8, 4) is 0 Å². The molecule has 1 N–H and O–H groups in total. The van der Waals surface area contributed by atoms with Gasteiger partial charge in [0.15, 0.2) is 0 Å². The van der Waals surface area contributed by atoms with Crippen LogP contribution in [0.5, 0.6) is 0 Å². The minimum absolute atomic E-state index is 0.0983. The summed E-state index contributed by atoms with van der Waals surface area (Å²) in [5.74, 6) is 0. The Balaban J connectivity index is 2.36. The molecule has 0 aliphatic rings. The van der Waals surface area contributed by atoms with Gasteiger partial charge in [0, 0.05) is 24.4 Å². The van der Waals surface area contributed by atoms with Gasteiger partial charge < -0.3 is 10.1 Å². The first-order valence-electron chi connectivity index (χ1n) is 5.73. The van der Waals surface area contributed by atoms with E-state index in [9.17, 15) is 0 Å². The molecule has 0 saturated carbocycles. The average molecular weight is 230 g/mol. The highest BCUT2D eigenvalue weighted by molar-refractivity contribution is 5.91. The molecule has 0 aliphatic carbocycles. The van der Waals surface area contributed by atoms with Crippen molar-refractivity contribution in [2.24, 2.45) is 0 Å². The maximum absolute atomic E-state index is 5.21. The molecule has 1 aromatic carbocycles. The predicted octanol–water partition coefficient (Wildman–Crippen LogP) is 3.07. The molecule has 3 heteroatoms. The standard InChI is InChI=1S/C14H18N2O/c1-14(2,10-17-3)16-13-8-9-15-12-7-5-4-6-11(12)13/h4-9H,10H2,1-3H3,(H,15,16). The van der Waals surface area contributed by atoms with Gasteiger partial charge in [0.05, 0.1) is 17.7 Å². The molecule has 1 heterocycles. The average Bonchev–Trinajstić information content (AvgIpc) is 2.29. The Hall–Kier alpha value is -1.61. The van der Waals surface area contributed by atoms with E-state index in [1.807, 2.05) is 30.5 Å². The quantitative estimate of drug-likeness (QED) is 0.876. The summed E-state index contributed by atoms with van der Waals surface area (Å²) < 4.78 is 5.21. The number of nitrogens with one attached hydrogen (secondary N) is 1. The number of para-hydroxylation sites is 1. The number of rotatable bonds is 4. The minimum atomic E-state index is -0.0983. The third kappa shape index (κ3) is 2.74. The summed E-state index contributed by atoms with van der Waals surface area (Å²) in [5.41, 5.74) is 2.00. The van der Waals surface area contributed by atoms with E-state index in [0.29, 0.717) is 6.61 Å². The zero-order valence-corrected chi connectivity index (χ0v) is 10.5. The molecule has 0 bridgehead atoms. The Kier molecular flexibility index (Phi) is 3.29. The molecule has 0 saturated heterocycles. The van der Waals surface area contributed by atoms with Gasteiger partial charge in [0.1, 0.15) is 0 Å². The zero-order chi connectivity index (χ0) is 12.3. The Morgan fingerprint density at radius 1 is 1.24 bits per heavy atom. The fourth-order valence-corrected chi connectivity index (χ4v) is 1.97. The summed E-state index contributed by atoms with van der Waals surface area (Å²) in [7, 11) is 1.72. The number of nitrogens with zero attached hydrogens (tertiary/aromatic N) is 1. The Bertz CT molecular complexity index is 503. The van der Waals surface area contributed by atoms with Crippen LogP contribution in [0, 0.1) is 0 Å². The Morgan fingerprint density at radius 3 is 2.76 bits per heavy atom. The topological polar surface area (TPSA) is 34.1 Å². The molecule has 3 nitrogen and oxygen atoms in total. The fourth-order valence-electron chi connectivity index (χ4n) is 1.97. The van der Waals surface area contributed by atoms with Gasteiger partial charge in [-0.3, -0.25) is 4.98 Å². The predicted molar refractivity (Wildman–Crippen MR) is 71.3 cm³/mol. The maximum Gasteiger partial charge on any atom is 0.0722 e. The van der Waals surface area contributed by atoms with Crippen molar-refractivity contribution in [2.75, 3.05) is 19.0 Å². The molecule has 0 amide bonds. The van der Waals surface area contributed by atoms with Crippen LogP contribution in [0.3, 0.4) is 0 Å². The summed E-state index contributed by atoms with van der Waals surface area (Å²) in [6.45, 7) is 4.89. The third-order valence-electron chi connectivity index (χ3n) is 2.63. The molecule has 17 heavy (non-hydrogen) atoms. The number of pyridine rings is 1. The fraction of sp³-hybridized carbons (Fsp3) is 0.357. The van der Waals surface area contributed by atoms with Crippen LogP contribution in [0.2, 0.25) is 0 Å². The van der Waals surface area contributed by atoms with Crippen LogP contribution >= 0.6 is 0 Å². The lowest BCUT2D eigenvalue weighted by Gasteiger charge is -2.27. The molecule has 0 unspecified atom stereocenters. The second-order valence-corrected chi connectivity index (χ2v) is 4.82. The van der Waals surface area contributed by atoms with Crippen molar-refractivity contribution in [1.29, 1.82) is 0 Å². The summed E-state index contributed by atoms with van der Waals surface area (Å²) in [6.07, 6.45) is 1.83. The van der Waals surface area contributed by atoms with Crippen LogP contribution in [0.4, 0.5) is 5.69 Å². The molecule has 0 atom stereocenters. The largest absolute Gasteiger partial charge is 0.382 e. The van der Waals surface area contributed by atoms with Gasteiger partial charge in [-0.25, -0.2) is 0 Å². The van der Waals surface area contributed by atoms with E-state index in [2.05, 4.69) is 30.2 Å². The summed E-state index contributed by atoms with van der Waals surface area (Å²) in [4.78, 5) is 4.35. The highest BCUT2D eigenvalue weighted by Crippen LogP contribution is 2.24. The van der Waals surface area contributed by atoms with Crippen molar-refractivity contribution in [3.63, 3.8) is 0 Å². The Morgan fingerprint density at radius 2 is 2.00 bits per heavy atom. The Labute approximate surface area is 102 Å². The van der Waals surface area contributed by atoms with Crippen molar-refractivity contribution in [1.82, 2.24) is 4.98 Å². The van der Waals surface area contributed by atoms with Crippen molar-refractivity contribution in [2.45, 2.75) is 19.4 Å². The number of anilines is 1.